The number of nitrogens with zero attached hydrogens (tertiary/aromatic N) is 4. The fourth-order valence-corrected chi connectivity index (χ4v) is 3.62. The minimum atomic E-state index is -0.0885. The largest absolute Gasteiger partial charge is 0.348 e. The number of rotatable bonds is 4. The van der Waals surface area contributed by atoms with Gasteiger partial charge in [-0.25, -0.2) is 4.68 Å². The van der Waals surface area contributed by atoms with Crippen LogP contribution < -0.4 is 10.9 Å². The average Bonchev–Trinajstić information content (AvgIpc) is 3.37. The molecule has 0 aromatic carbocycles. The molecule has 7 nitrogen and oxygen atoms in total. The molecule has 2 fully saturated rings. The van der Waals surface area contributed by atoms with Crippen LogP contribution in [0.15, 0.2) is 29.2 Å². The Morgan fingerprint density at radius 3 is 2.52 bits per heavy atom. The second kappa shape index (κ2) is 6.46. The van der Waals surface area contributed by atoms with Crippen LogP contribution in [0.1, 0.15) is 66.7 Å². The molecule has 2 aliphatic rings. The molecule has 0 saturated heterocycles. The second-order valence-electron chi connectivity index (χ2n) is 7.13. The van der Waals surface area contributed by atoms with E-state index in [1.807, 2.05) is 6.07 Å². The molecule has 2 heterocycles. The summed E-state index contributed by atoms with van der Waals surface area (Å²) in [4.78, 5) is 24.5. The zero-order valence-corrected chi connectivity index (χ0v) is 14.4. The third-order valence-corrected chi connectivity index (χ3v) is 5.27. The van der Waals surface area contributed by atoms with Gasteiger partial charge in [0, 0.05) is 31.3 Å². The Kier molecular flexibility index (Phi) is 4.15. The minimum absolute atomic E-state index is 0.0215. The maximum atomic E-state index is 12.3. The van der Waals surface area contributed by atoms with Crippen LogP contribution in [0.4, 0.5) is 0 Å². The molecule has 2 aromatic rings. The Balaban J connectivity index is 1.38. The van der Waals surface area contributed by atoms with Crippen LogP contribution >= 0.6 is 0 Å². The molecule has 2 aromatic heterocycles. The molecule has 0 unspecified atom stereocenters. The van der Waals surface area contributed by atoms with Crippen LogP contribution in [0, 0.1) is 0 Å². The molecule has 25 heavy (non-hydrogen) atoms. The normalized spacial score (nSPS) is 23.4. The molecule has 0 aliphatic heterocycles. The van der Waals surface area contributed by atoms with E-state index < -0.39 is 0 Å². The minimum Gasteiger partial charge on any atom is -0.348 e. The smallest absolute Gasteiger partial charge is 0.269 e. The van der Waals surface area contributed by atoms with Crippen molar-refractivity contribution in [3.05, 3.63) is 46.1 Å². The molecule has 1 N–H and O–H groups in total. The van der Waals surface area contributed by atoms with Gasteiger partial charge < -0.3 is 5.32 Å². The summed E-state index contributed by atoms with van der Waals surface area (Å²) in [6.45, 7) is 0. The van der Waals surface area contributed by atoms with Crippen LogP contribution in [0.5, 0.6) is 0 Å². The van der Waals surface area contributed by atoms with Gasteiger partial charge in [-0.3, -0.25) is 14.3 Å². The first kappa shape index (κ1) is 16.1. The number of aromatic nitrogens is 4. The zero-order chi connectivity index (χ0) is 17.4. The highest BCUT2D eigenvalue weighted by atomic mass is 16.2. The SMILES string of the molecule is Cn1nccc1C(=O)NC1CCC(n2nc(C3CC3)ccc2=O)CC1. The first-order chi connectivity index (χ1) is 12.1. The maximum Gasteiger partial charge on any atom is 0.269 e. The number of amides is 1. The molecule has 4 rings (SSSR count). The summed E-state index contributed by atoms with van der Waals surface area (Å²) in [7, 11) is 1.76. The Morgan fingerprint density at radius 2 is 1.88 bits per heavy atom. The van der Waals surface area contributed by atoms with Crippen LogP contribution in [0.25, 0.3) is 0 Å². The highest BCUT2D eigenvalue weighted by Gasteiger charge is 2.28. The third kappa shape index (κ3) is 3.36. The fourth-order valence-electron chi connectivity index (χ4n) is 3.62. The molecule has 7 heteroatoms. The van der Waals surface area contributed by atoms with E-state index in [4.69, 9.17) is 0 Å². The predicted molar refractivity (Wildman–Crippen MR) is 92.4 cm³/mol. The van der Waals surface area contributed by atoms with Crippen molar-refractivity contribution < 1.29 is 4.79 Å². The molecule has 2 aliphatic carbocycles. The quantitative estimate of drug-likeness (QED) is 0.919. The predicted octanol–water partition coefficient (Wildman–Crippen LogP) is 1.77. The Labute approximate surface area is 146 Å². The van der Waals surface area contributed by atoms with E-state index in [0.29, 0.717) is 11.6 Å². The van der Waals surface area contributed by atoms with Crippen molar-refractivity contribution >= 4 is 5.91 Å². The van der Waals surface area contributed by atoms with Gasteiger partial charge >= 0.3 is 0 Å². The van der Waals surface area contributed by atoms with Crippen LogP contribution in [0.3, 0.4) is 0 Å². The van der Waals surface area contributed by atoms with E-state index in [1.54, 1.807) is 34.7 Å². The van der Waals surface area contributed by atoms with Gasteiger partial charge in [-0.05, 0) is 50.7 Å². The van der Waals surface area contributed by atoms with Gasteiger partial charge in [-0.1, -0.05) is 0 Å². The molecule has 0 bridgehead atoms. The van der Waals surface area contributed by atoms with E-state index in [1.165, 1.54) is 12.8 Å². The van der Waals surface area contributed by atoms with E-state index in [2.05, 4.69) is 15.5 Å². The number of hydrogen-bond acceptors (Lipinski definition) is 4. The van der Waals surface area contributed by atoms with Gasteiger partial charge in [0.2, 0.25) is 0 Å². The zero-order valence-electron chi connectivity index (χ0n) is 14.4. The van der Waals surface area contributed by atoms with E-state index >= 15 is 0 Å². The van der Waals surface area contributed by atoms with Gasteiger partial charge in [-0.2, -0.15) is 10.2 Å². The first-order valence-corrected chi connectivity index (χ1v) is 9.00. The highest BCUT2D eigenvalue weighted by molar-refractivity contribution is 5.92. The van der Waals surface area contributed by atoms with Crippen molar-refractivity contribution in [2.75, 3.05) is 0 Å². The third-order valence-electron chi connectivity index (χ3n) is 5.27. The lowest BCUT2D eigenvalue weighted by molar-refractivity contribution is 0.0911. The van der Waals surface area contributed by atoms with Crippen molar-refractivity contribution in [1.82, 2.24) is 24.9 Å². The molecule has 0 radical (unpaired) electrons. The van der Waals surface area contributed by atoms with E-state index in [9.17, 15) is 9.59 Å². The molecule has 0 atom stereocenters. The maximum absolute atomic E-state index is 12.3. The summed E-state index contributed by atoms with van der Waals surface area (Å²) in [6, 6.07) is 5.51. The van der Waals surface area contributed by atoms with Crippen LogP contribution in [-0.2, 0) is 7.05 Å². The van der Waals surface area contributed by atoms with Gasteiger partial charge in [0.15, 0.2) is 0 Å². The lowest BCUT2D eigenvalue weighted by atomic mass is 9.91. The number of carbonyl (C=O) groups is 1. The van der Waals surface area contributed by atoms with Crippen LogP contribution in [-0.4, -0.2) is 31.5 Å². The van der Waals surface area contributed by atoms with Gasteiger partial charge in [0.05, 0.1) is 11.7 Å². The molecule has 132 valence electrons. The van der Waals surface area contributed by atoms with Gasteiger partial charge in [0.1, 0.15) is 5.69 Å². The van der Waals surface area contributed by atoms with E-state index in [-0.39, 0.29) is 23.6 Å². The molecule has 2 saturated carbocycles. The van der Waals surface area contributed by atoms with Crippen molar-refractivity contribution in [1.29, 1.82) is 0 Å². The van der Waals surface area contributed by atoms with Gasteiger partial charge in [-0.15, -0.1) is 0 Å². The number of aryl methyl sites for hydroxylation is 1. The Hall–Kier alpha value is -2.44. The summed E-state index contributed by atoms with van der Waals surface area (Å²) in [5.74, 6) is 0.454. The summed E-state index contributed by atoms with van der Waals surface area (Å²) in [5.41, 5.74) is 1.59. The average molecular weight is 341 g/mol. The van der Waals surface area contributed by atoms with Gasteiger partial charge in [0.25, 0.3) is 11.5 Å². The number of hydrogen-bond donors (Lipinski definition) is 1. The van der Waals surface area contributed by atoms with Crippen LogP contribution in [0.2, 0.25) is 0 Å². The second-order valence-corrected chi connectivity index (χ2v) is 7.13. The number of nitrogens with one attached hydrogen (secondary N) is 1. The molecule has 1 amide bonds. The lowest BCUT2D eigenvalue weighted by Crippen LogP contribution is -2.40. The Morgan fingerprint density at radius 1 is 1.12 bits per heavy atom. The monoisotopic (exact) mass is 341 g/mol. The van der Waals surface area contributed by atoms with Crippen molar-refractivity contribution in [3.8, 4) is 0 Å². The summed E-state index contributed by atoms with van der Waals surface area (Å²) in [5, 5.41) is 11.7. The van der Waals surface area contributed by atoms with Crippen molar-refractivity contribution in [3.63, 3.8) is 0 Å². The Bertz CT molecular complexity index is 828. The summed E-state index contributed by atoms with van der Waals surface area (Å²) >= 11 is 0. The standard InChI is InChI=1S/C18H23N5O2/c1-22-16(10-11-19-22)18(25)20-13-4-6-14(7-5-13)23-17(24)9-8-15(21-23)12-2-3-12/h8-14H,2-7H2,1H3,(H,20,25). The fraction of sp³-hybridized carbons (Fsp3) is 0.556. The summed E-state index contributed by atoms with van der Waals surface area (Å²) < 4.78 is 3.25. The molecular formula is C18H23N5O2. The van der Waals surface area contributed by atoms with Crippen molar-refractivity contribution in [2.45, 2.75) is 56.5 Å². The molecule has 0 spiro atoms. The highest BCUT2D eigenvalue weighted by Crippen LogP contribution is 2.38. The lowest BCUT2D eigenvalue weighted by Gasteiger charge is -2.29. The van der Waals surface area contributed by atoms with E-state index in [0.717, 1.165) is 31.4 Å². The molecular weight excluding hydrogens is 318 g/mol. The van der Waals surface area contributed by atoms with Crippen molar-refractivity contribution in [2.24, 2.45) is 7.05 Å². The number of carbonyl (C=O) groups excluding carboxylic acids is 1. The first-order valence-electron chi connectivity index (χ1n) is 9.00. The summed E-state index contributed by atoms with van der Waals surface area (Å²) in [6.07, 6.45) is 7.41. The topological polar surface area (TPSA) is 81.8 Å².